The highest BCUT2D eigenvalue weighted by atomic mass is 15.2. The van der Waals surface area contributed by atoms with E-state index < -0.39 is 0 Å². The van der Waals surface area contributed by atoms with Crippen molar-refractivity contribution >= 4 is 27.8 Å². The first kappa shape index (κ1) is 33.6. The van der Waals surface area contributed by atoms with Crippen LogP contribution in [-0.4, -0.2) is 0 Å². The Hall–Kier alpha value is -6.96. The van der Waals surface area contributed by atoms with Crippen LogP contribution >= 0.6 is 0 Å². The molecule has 1 aliphatic carbocycles. The molecular formula is C55H41N. The van der Waals surface area contributed by atoms with Crippen LogP contribution in [0.2, 0.25) is 0 Å². The Morgan fingerprint density at radius 1 is 0.304 bits per heavy atom. The molecule has 10 rings (SSSR count). The monoisotopic (exact) mass is 715 g/mol. The highest BCUT2D eigenvalue weighted by Crippen LogP contribution is 2.56. The fraction of sp³-hybridized carbons (Fsp3) is 0.0545. The topological polar surface area (TPSA) is 3.24 Å². The van der Waals surface area contributed by atoms with Crippen LogP contribution in [0.5, 0.6) is 0 Å². The Kier molecular flexibility index (Phi) is 8.23. The van der Waals surface area contributed by atoms with Gasteiger partial charge >= 0.3 is 0 Å². The SMILES string of the molecule is CC1(C)c2ccccc2-c2c(N(c3ccccc3-c3ccccc3-c3ccccc3)c3ccccc3-c3cccc4cccc(-c5ccccc5)c34)cccc21. The van der Waals surface area contributed by atoms with Crippen molar-refractivity contribution in [1.82, 2.24) is 0 Å². The van der Waals surface area contributed by atoms with Crippen molar-refractivity contribution in [3.63, 3.8) is 0 Å². The molecule has 0 saturated heterocycles. The molecule has 0 atom stereocenters. The van der Waals surface area contributed by atoms with Crippen LogP contribution in [0.25, 0.3) is 66.4 Å². The van der Waals surface area contributed by atoms with Crippen molar-refractivity contribution in [3.8, 4) is 55.6 Å². The van der Waals surface area contributed by atoms with Gasteiger partial charge in [0.1, 0.15) is 0 Å². The summed E-state index contributed by atoms with van der Waals surface area (Å²) < 4.78 is 0. The van der Waals surface area contributed by atoms with E-state index in [2.05, 4.69) is 231 Å². The van der Waals surface area contributed by atoms with Crippen molar-refractivity contribution in [3.05, 3.63) is 223 Å². The van der Waals surface area contributed by atoms with Gasteiger partial charge in [-0.2, -0.15) is 0 Å². The molecule has 266 valence electrons. The second-order valence-corrected chi connectivity index (χ2v) is 15.2. The van der Waals surface area contributed by atoms with E-state index in [1.807, 2.05) is 0 Å². The minimum Gasteiger partial charge on any atom is -0.309 e. The number of fused-ring (bicyclic) bond motifs is 4. The summed E-state index contributed by atoms with van der Waals surface area (Å²) in [5.74, 6) is 0. The summed E-state index contributed by atoms with van der Waals surface area (Å²) in [6.45, 7) is 4.73. The van der Waals surface area contributed by atoms with Crippen LogP contribution in [-0.2, 0) is 5.41 Å². The Labute approximate surface area is 329 Å². The van der Waals surface area contributed by atoms with E-state index in [0.29, 0.717) is 0 Å². The summed E-state index contributed by atoms with van der Waals surface area (Å²) >= 11 is 0. The van der Waals surface area contributed by atoms with Gasteiger partial charge < -0.3 is 4.90 Å². The summed E-state index contributed by atoms with van der Waals surface area (Å²) in [6, 6.07) is 77.7. The van der Waals surface area contributed by atoms with Crippen molar-refractivity contribution in [1.29, 1.82) is 0 Å². The maximum Gasteiger partial charge on any atom is 0.0543 e. The Balaban J connectivity index is 1.30. The third-order valence-corrected chi connectivity index (χ3v) is 11.7. The molecule has 0 aromatic heterocycles. The lowest BCUT2D eigenvalue weighted by atomic mass is 9.82. The first-order valence-corrected chi connectivity index (χ1v) is 19.5. The van der Waals surface area contributed by atoms with E-state index in [1.54, 1.807) is 0 Å². The molecule has 56 heavy (non-hydrogen) atoms. The molecule has 1 heteroatoms. The third kappa shape index (κ3) is 5.47. The van der Waals surface area contributed by atoms with Gasteiger partial charge in [-0.05, 0) is 79.0 Å². The van der Waals surface area contributed by atoms with Crippen molar-refractivity contribution in [2.75, 3.05) is 4.90 Å². The predicted molar refractivity (Wildman–Crippen MR) is 238 cm³/mol. The van der Waals surface area contributed by atoms with Gasteiger partial charge in [0.25, 0.3) is 0 Å². The Morgan fingerprint density at radius 2 is 0.732 bits per heavy atom. The average Bonchev–Trinajstić information content (AvgIpc) is 3.50. The largest absolute Gasteiger partial charge is 0.309 e. The third-order valence-electron chi connectivity index (χ3n) is 11.7. The molecule has 0 radical (unpaired) electrons. The van der Waals surface area contributed by atoms with E-state index in [1.165, 1.54) is 83.2 Å². The minimum atomic E-state index is -0.146. The maximum absolute atomic E-state index is 2.55. The number of hydrogen-bond donors (Lipinski definition) is 0. The van der Waals surface area contributed by atoms with Gasteiger partial charge in [-0.15, -0.1) is 0 Å². The second kappa shape index (κ2) is 13.7. The number of anilines is 3. The lowest BCUT2D eigenvalue weighted by Crippen LogP contribution is -2.16. The van der Waals surface area contributed by atoms with Gasteiger partial charge in [-0.25, -0.2) is 0 Å². The van der Waals surface area contributed by atoms with E-state index >= 15 is 0 Å². The molecule has 1 aliphatic rings. The molecule has 9 aromatic carbocycles. The zero-order chi connectivity index (χ0) is 37.6. The molecule has 0 aliphatic heterocycles. The van der Waals surface area contributed by atoms with E-state index in [-0.39, 0.29) is 5.41 Å². The maximum atomic E-state index is 2.55. The fourth-order valence-corrected chi connectivity index (χ4v) is 9.11. The number of rotatable bonds is 7. The second-order valence-electron chi connectivity index (χ2n) is 15.2. The van der Waals surface area contributed by atoms with Gasteiger partial charge in [0, 0.05) is 22.1 Å². The molecule has 0 fully saturated rings. The lowest BCUT2D eigenvalue weighted by molar-refractivity contribution is 0.660. The first-order chi connectivity index (χ1) is 27.6. The number of benzene rings is 9. The number of nitrogens with zero attached hydrogens (tertiary/aromatic N) is 1. The summed E-state index contributed by atoms with van der Waals surface area (Å²) in [6.07, 6.45) is 0. The van der Waals surface area contributed by atoms with Gasteiger partial charge in [0.2, 0.25) is 0 Å². The van der Waals surface area contributed by atoms with Crippen LogP contribution in [0.4, 0.5) is 17.1 Å². The van der Waals surface area contributed by atoms with Gasteiger partial charge in [-0.3, -0.25) is 0 Å². The lowest BCUT2D eigenvalue weighted by Gasteiger charge is -2.32. The van der Waals surface area contributed by atoms with E-state index in [0.717, 1.165) is 11.4 Å². The molecule has 0 N–H and O–H groups in total. The highest BCUT2D eigenvalue weighted by Gasteiger charge is 2.38. The van der Waals surface area contributed by atoms with Crippen molar-refractivity contribution in [2.24, 2.45) is 0 Å². The molecule has 0 saturated carbocycles. The zero-order valence-electron chi connectivity index (χ0n) is 31.7. The highest BCUT2D eigenvalue weighted by molar-refractivity contribution is 6.10. The van der Waals surface area contributed by atoms with Crippen LogP contribution in [0, 0.1) is 0 Å². The van der Waals surface area contributed by atoms with E-state index in [4.69, 9.17) is 0 Å². The standard InChI is InChI=1S/C55H41N/c1-55(2)48-33-14-11-30-47(48)54-49(55)34-19-37-52(54)56(50-35-15-12-28-44(50)43-27-10-9-26-41(43)38-20-5-3-6-21-38)51-36-16-13-29-45(51)46-32-18-25-40-24-17-31-42(53(40)46)39-22-7-4-8-23-39/h3-37H,1-2H3. The number of para-hydroxylation sites is 2. The van der Waals surface area contributed by atoms with Crippen molar-refractivity contribution < 1.29 is 0 Å². The first-order valence-electron chi connectivity index (χ1n) is 19.5. The van der Waals surface area contributed by atoms with Crippen LogP contribution in [0.1, 0.15) is 25.0 Å². The summed E-state index contributed by atoms with van der Waals surface area (Å²) in [7, 11) is 0. The Morgan fingerprint density at radius 3 is 1.39 bits per heavy atom. The molecule has 0 bridgehead atoms. The predicted octanol–water partition coefficient (Wildman–Crippen LogP) is 15.3. The molecular weight excluding hydrogens is 675 g/mol. The molecule has 1 nitrogen and oxygen atoms in total. The van der Waals surface area contributed by atoms with Gasteiger partial charge in [0.05, 0.1) is 17.1 Å². The summed E-state index contributed by atoms with van der Waals surface area (Å²) in [5.41, 5.74) is 18.2. The summed E-state index contributed by atoms with van der Waals surface area (Å²) in [4.78, 5) is 2.55. The van der Waals surface area contributed by atoms with E-state index in [9.17, 15) is 0 Å². The fourth-order valence-electron chi connectivity index (χ4n) is 9.11. The molecule has 9 aromatic rings. The zero-order valence-corrected chi connectivity index (χ0v) is 31.7. The normalized spacial score (nSPS) is 12.6. The number of hydrogen-bond acceptors (Lipinski definition) is 1. The van der Waals surface area contributed by atoms with Crippen LogP contribution < -0.4 is 4.90 Å². The molecule has 0 heterocycles. The minimum absolute atomic E-state index is 0.146. The van der Waals surface area contributed by atoms with Crippen molar-refractivity contribution in [2.45, 2.75) is 19.3 Å². The van der Waals surface area contributed by atoms with Crippen LogP contribution in [0.3, 0.4) is 0 Å². The smallest absolute Gasteiger partial charge is 0.0543 e. The quantitative estimate of drug-likeness (QED) is 0.159. The average molecular weight is 716 g/mol. The Bertz CT molecular complexity index is 2880. The van der Waals surface area contributed by atoms with Gasteiger partial charge in [-0.1, -0.05) is 208 Å². The van der Waals surface area contributed by atoms with Gasteiger partial charge in [0.15, 0.2) is 0 Å². The van der Waals surface area contributed by atoms with Crippen LogP contribution in [0.15, 0.2) is 212 Å². The summed E-state index contributed by atoms with van der Waals surface area (Å²) in [5, 5.41) is 2.47. The molecule has 0 spiro atoms. The molecule has 0 unspecified atom stereocenters. The molecule has 0 amide bonds.